The number of nitrogens with one attached hydrogen (secondary N) is 1. The lowest BCUT2D eigenvalue weighted by atomic mass is 9.96. The van der Waals surface area contributed by atoms with E-state index in [1.807, 2.05) is 51.1 Å². The second-order valence-corrected chi connectivity index (χ2v) is 8.33. The van der Waals surface area contributed by atoms with Crippen LogP contribution in [0.4, 0.5) is 5.69 Å². The Bertz CT molecular complexity index is 1470. The zero-order valence-electron chi connectivity index (χ0n) is 20.7. The highest BCUT2D eigenvalue weighted by Gasteiger charge is 2.19. The molecule has 0 radical (unpaired) electrons. The van der Waals surface area contributed by atoms with Gasteiger partial charge in [-0.25, -0.2) is 0 Å². The molecule has 36 heavy (non-hydrogen) atoms. The van der Waals surface area contributed by atoms with Crippen molar-refractivity contribution in [1.82, 2.24) is 0 Å². The zero-order chi connectivity index (χ0) is 25.8. The third-order valence-electron chi connectivity index (χ3n) is 5.92. The number of methoxy groups -OCH3 is 1. The summed E-state index contributed by atoms with van der Waals surface area (Å²) < 4.78 is 17.3. The van der Waals surface area contributed by atoms with Gasteiger partial charge in [0.2, 0.25) is 11.8 Å². The van der Waals surface area contributed by atoms with Crippen LogP contribution in [0.1, 0.15) is 35.3 Å². The van der Waals surface area contributed by atoms with E-state index in [0.29, 0.717) is 23.6 Å². The molecule has 4 aromatic rings. The first-order valence-electron chi connectivity index (χ1n) is 11.5. The average Bonchev–Trinajstić information content (AvgIpc) is 3.30. The van der Waals surface area contributed by atoms with Gasteiger partial charge in [0.05, 0.1) is 20.0 Å². The number of furan rings is 1. The third-order valence-corrected chi connectivity index (χ3v) is 5.92. The maximum Gasteiger partial charge on any atom is 0.248 e. The van der Waals surface area contributed by atoms with Crippen molar-refractivity contribution in [2.24, 2.45) is 5.73 Å². The summed E-state index contributed by atoms with van der Waals surface area (Å²) in [6.45, 7) is 6.20. The summed E-state index contributed by atoms with van der Waals surface area (Å²) in [7, 11) is 1.63. The highest BCUT2D eigenvalue weighted by molar-refractivity contribution is 6.06. The quantitative estimate of drug-likeness (QED) is 0.301. The summed E-state index contributed by atoms with van der Waals surface area (Å²) in [6, 6.07) is 16.2. The van der Waals surface area contributed by atoms with Crippen LogP contribution >= 0.6 is 0 Å². The van der Waals surface area contributed by atoms with Gasteiger partial charge in [0.1, 0.15) is 17.1 Å². The van der Waals surface area contributed by atoms with Crippen LogP contribution in [0.2, 0.25) is 0 Å². The molecule has 184 valence electrons. The number of nitrogens with two attached hydrogens (primary N) is 1. The van der Waals surface area contributed by atoms with Crippen LogP contribution in [0, 0.1) is 6.92 Å². The molecular formula is C29H28N2O5. The van der Waals surface area contributed by atoms with E-state index in [1.54, 1.807) is 37.6 Å². The summed E-state index contributed by atoms with van der Waals surface area (Å²) >= 11 is 0. The van der Waals surface area contributed by atoms with Crippen molar-refractivity contribution in [1.29, 1.82) is 0 Å². The molecule has 0 saturated heterocycles. The Kier molecular flexibility index (Phi) is 7.10. The van der Waals surface area contributed by atoms with Crippen LogP contribution in [-0.4, -0.2) is 25.5 Å². The van der Waals surface area contributed by atoms with Crippen LogP contribution in [0.5, 0.6) is 11.5 Å². The van der Waals surface area contributed by atoms with Gasteiger partial charge in [-0.05, 0) is 74.4 Å². The maximum atomic E-state index is 12.8. The SMILES string of the molecule is CCOc1c(/C(C)=C/C(=O)Nc2ccc(C(N)=O)cc2)cc2c(-c3cccc(OC)c3)coc2c1C. The van der Waals surface area contributed by atoms with Crippen molar-refractivity contribution in [2.45, 2.75) is 20.8 Å². The summed E-state index contributed by atoms with van der Waals surface area (Å²) in [4.78, 5) is 24.1. The molecule has 0 atom stereocenters. The van der Waals surface area contributed by atoms with E-state index in [1.165, 1.54) is 6.08 Å². The first-order chi connectivity index (χ1) is 17.3. The lowest BCUT2D eigenvalue weighted by Crippen LogP contribution is -2.12. The van der Waals surface area contributed by atoms with Crippen LogP contribution in [0.25, 0.3) is 27.7 Å². The molecular weight excluding hydrogens is 456 g/mol. The normalized spacial score (nSPS) is 11.4. The van der Waals surface area contributed by atoms with Crippen molar-refractivity contribution in [3.63, 3.8) is 0 Å². The molecule has 2 amide bonds. The smallest absolute Gasteiger partial charge is 0.248 e. The Morgan fingerprint density at radius 3 is 2.53 bits per heavy atom. The Hall–Kier alpha value is -4.52. The van der Waals surface area contributed by atoms with Crippen LogP contribution in [0.15, 0.2) is 71.4 Å². The number of allylic oxidation sites excluding steroid dienone is 1. The molecule has 0 aliphatic heterocycles. The molecule has 3 aromatic carbocycles. The number of aryl methyl sites for hydroxylation is 1. The second kappa shape index (κ2) is 10.4. The van der Waals surface area contributed by atoms with Crippen molar-refractivity contribution in [2.75, 3.05) is 19.0 Å². The molecule has 7 heteroatoms. The Morgan fingerprint density at radius 1 is 1.11 bits per heavy atom. The first kappa shape index (κ1) is 24.6. The van der Waals surface area contributed by atoms with Gasteiger partial charge in [0.25, 0.3) is 0 Å². The minimum absolute atomic E-state index is 0.306. The minimum atomic E-state index is -0.523. The third kappa shape index (κ3) is 4.95. The monoisotopic (exact) mass is 484 g/mol. The maximum absolute atomic E-state index is 12.8. The molecule has 0 aliphatic carbocycles. The molecule has 7 nitrogen and oxygen atoms in total. The van der Waals surface area contributed by atoms with Crippen LogP contribution in [0.3, 0.4) is 0 Å². The lowest BCUT2D eigenvalue weighted by Gasteiger charge is -2.15. The number of amides is 2. The topological polar surface area (TPSA) is 104 Å². The number of ether oxygens (including phenoxy) is 2. The van der Waals surface area contributed by atoms with E-state index < -0.39 is 5.91 Å². The minimum Gasteiger partial charge on any atom is -0.497 e. The average molecular weight is 485 g/mol. The Labute approximate surface area is 209 Å². The van der Waals surface area contributed by atoms with E-state index >= 15 is 0 Å². The van der Waals surface area contributed by atoms with Gasteiger partial charge in [-0.1, -0.05) is 12.1 Å². The summed E-state index contributed by atoms with van der Waals surface area (Å²) in [5.41, 5.74) is 11.2. The van der Waals surface area contributed by atoms with Crippen LogP contribution < -0.4 is 20.5 Å². The van der Waals surface area contributed by atoms with Crippen LogP contribution in [-0.2, 0) is 4.79 Å². The van der Waals surface area contributed by atoms with Gasteiger partial charge in [-0.2, -0.15) is 0 Å². The number of benzene rings is 3. The van der Waals surface area contributed by atoms with Crippen molar-refractivity contribution < 1.29 is 23.5 Å². The molecule has 0 saturated carbocycles. The van der Waals surface area contributed by atoms with E-state index in [2.05, 4.69) is 5.32 Å². The molecule has 0 bridgehead atoms. The predicted octanol–water partition coefficient (Wildman–Crippen LogP) is 5.96. The van der Waals surface area contributed by atoms with E-state index in [-0.39, 0.29) is 5.91 Å². The number of hydrogen-bond donors (Lipinski definition) is 2. The van der Waals surface area contributed by atoms with E-state index in [0.717, 1.165) is 44.5 Å². The predicted molar refractivity (Wildman–Crippen MR) is 141 cm³/mol. The Morgan fingerprint density at radius 2 is 1.86 bits per heavy atom. The summed E-state index contributed by atoms with van der Waals surface area (Å²) in [6.07, 6.45) is 3.25. The van der Waals surface area contributed by atoms with Crippen molar-refractivity contribution in [3.8, 4) is 22.6 Å². The molecule has 1 aromatic heterocycles. The van der Waals surface area contributed by atoms with Gasteiger partial charge >= 0.3 is 0 Å². The van der Waals surface area contributed by atoms with Gasteiger partial charge in [0.15, 0.2) is 0 Å². The van der Waals surface area contributed by atoms with Gasteiger partial charge < -0.3 is 24.9 Å². The molecule has 0 unspecified atom stereocenters. The Balaban J connectivity index is 1.73. The van der Waals surface area contributed by atoms with Gasteiger partial charge in [0, 0.05) is 39.4 Å². The standard InChI is InChI=1S/C29H28N2O5/c1-5-35-27-18(3)28-24(25(16-36-28)20-7-6-8-22(14-20)34-4)15-23(27)17(2)13-26(32)31-21-11-9-19(10-12-21)29(30)33/h6-16H,5H2,1-4H3,(H2,30,33)(H,31,32)/b17-13+. The van der Waals surface area contributed by atoms with E-state index in [4.69, 9.17) is 19.6 Å². The lowest BCUT2D eigenvalue weighted by molar-refractivity contribution is -0.111. The highest BCUT2D eigenvalue weighted by atomic mass is 16.5. The molecule has 4 rings (SSSR count). The molecule has 0 aliphatic rings. The van der Waals surface area contributed by atoms with E-state index in [9.17, 15) is 9.59 Å². The fraction of sp³-hybridized carbons (Fsp3) is 0.172. The second-order valence-electron chi connectivity index (χ2n) is 8.33. The number of carbonyl (C=O) groups is 2. The zero-order valence-corrected chi connectivity index (χ0v) is 20.7. The molecule has 1 heterocycles. The summed E-state index contributed by atoms with van der Waals surface area (Å²) in [5.74, 6) is 0.593. The van der Waals surface area contributed by atoms with Gasteiger partial charge in [-0.15, -0.1) is 0 Å². The molecule has 3 N–H and O–H groups in total. The van der Waals surface area contributed by atoms with Crippen molar-refractivity contribution in [3.05, 3.63) is 83.6 Å². The fourth-order valence-electron chi connectivity index (χ4n) is 4.12. The molecule has 0 spiro atoms. The number of fused-ring (bicyclic) bond motifs is 1. The van der Waals surface area contributed by atoms with Crippen molar-refractivity contribution >= 4 is 34.0 Å². The number of rotatable bonds is 8. The van der Waals surface area contributed by atoms with Gasteiger partial charge in [-0.3, -0.25) is 9.59 Å². The summed E-state index contributed by atoms with van der Waals surface area (Å²) in [5, 5.41) is 3.73. The molecule has 0 fully saturated rings. The number of primary amides is 1. The number of hydrogen-bond acceptors (Lipinski definition) is 5. The highest BCUT2D eigenvalue weighted by Crippen LogP contribution is 2.41. The number of carbonyl (C=O) groups excluding carboxylic acids is 2. The fourth-order valence-corrected chi connectivity index (χ4v) is 4.12. The first-order valence-corrected chi connectivity index (χ1v) is 11.5. The number of anilines is 1. The largest absolute Gasteiger partial charge is 0.497 e.